The average molecular weight is 316 g/mol. The molecular weight excluding hydrogens is 296 g/mol. The molecule has 0 spiro atoms. The Kier molecular flexibility index (Phi) is 4.10. The molecule has 2 fully saturated rings. The molecule has 2 amide bonds. The summed E-state index contributed by atoms with van der Waals surface area (Å²) in [5.74, 6) is -1.18. The third kappa shape index (κ3) is 2.81. The zero-order valence-electron chi connectivity index (χ0n) is 12.5. The number of thioether (sulfide) groups is 1. The molecule has 2 aliphatic heterocycles. The lowest BCUT2D eigenvalue weighted by Gasteiger charge is -2.43. The van der Waals surface area contributed by atoms with Crippen molar-refractivity contribution >= 4 is 29.7 Å². The highest BCUT2D eigenvalue weighted by Crippen LogP contribution is 2.50. The van der Waals surface area contributed by atoms with Gasteiger partial charge in [0.15, 0.2) is 0 Å². The van der Waals surface area contributed by atoms with Crippen molar-refractivity contribution in [3.05, 3.63) is 0 Å². The summed E-state index contributed by atoms with van der Waals surface area (Å²) in [7, 11) is 0. The predicted octanol–water partition coefficient (Wildman–Crippen LogP) is 0.884. The molecule has 21 heavy (non-hydrogen) atoms. The molecule has 118 valence electrons. The first-order valence-corrected chi connectivity index (χ1v) is 7.69. The molecular formula is C13H20N2O5S. The van der Waals surface area contributed by atoms with E-state index in [-0.39, 0.29) is 23.8 Å². The second-order valence-electron chi connectivity index (χ2n) is 6.21. The van der Waals surface area contributed by atoms with Crippen LogP contribution in [0.25, 0.3) is 0 Å². The topological polar surface area (TPSA) is 95.9 Å². The Bertz CT molecular complexity index is 479. The number of aliphatic carboxylic acids is 1. The van der Waals surface area contributed by atoms with E-state index in [1.165, 1.54) is 16.7 Å². The summed E-state index contributed by atoms with van der Waals surface area (Å²) in [6, 6.07) is -1.58. The number of ether oxygens (including phenoxy) is 1. The number of carboxylic acid groups (broad SMARTS) is 1. The Morgan fingerprint density at radius 3 is 2.62 bits per heavy atom. The number of fused-ring (bicyclic) bond motifs is 1. The fourth-order valence-electron chi connectivity index (χ4n) is 2.56. The van der Waals surface area contributed by atoms with Crippen LogP contribution in [0.3, 0.4) is 0 Å². The summed E-state index contributed by atoms with van der Waals surface area (Å²) in [4.78, 5) is 36.4. The molecule has 0 radical (unpaired) electrons. The van der Waals surface area contributed by atoms with Gasteiger partial charge in [-0.05, 0) is 19.8 Å². The number of hydrogen-bond acceptors (Lipinski definition) is 5. The van der Waals surface area contributed by atoms with Crippen LogP contribution < -0.4 is 5.32 Å². The summed E-state index contributed by atoms with van der Waals surface area (Å²) in [5, 5.41) is 11.5. The molecule has 2 aliphatic rings. The zero-order chi connectivity index (χ0) is 15.9. The van der Waals surface area contributed by atoms with Crippen molar-refractivity contribution in [2.24, 2.45) is 5.92 Å². The summed E-state index contributed by atoms with van der Waals surface area (Å²) < 4.78 is 4.39. The Morgan fingerprint density at radius 1 is 1.48 bits per heavy atom. The van der Waals surface area contributed by atoms with Gasteiger partial charge in [-0.1, -0.05) is 13.8 Å². The molecule has 0 unspecified atom stereocenters. The number of rotatable bonds is 4. The van der Waals surface area contributed by atoms with Crippen molar-refractivity contribution in [2.45, 2.75) is 49.9 Å². The average Bonchev–Trinajstić information content (AvgIpc) is 2.62. The highest BCUT2D eigenvalue weighted by atomic mass is 32.2. The van der Waals surface area contributed by atoms with Gasteiger partial charge < -0.3 is 20.1 Å². The Balaban J connectivity index is 2.00. The number of carbonyl (C=O) groups is 3. The maximum atomic E-state index is 12.1. The number of carboxylic acids is 1. The summed E-state index contributed by atoms with van der Waals surface area (Å²) in [6.45, 7) is 7.68. The molecule has 0 aromatic heterocycles. The van der Waals surface area contributed by atoms with Gasteiger partial charge in [0.25, 0.3) is 0 Å². The molecule has 0 bridgehead atoms. The van der Waals surface area contributed by atoms with Crippen molar-refractivity contribution in [3.63, 3.8) is 0 Å². The van der Waals surface area contributed by atoms with Gasteiger partial charge in [0.1, 0.15) is 17.5 Å². The Hall–Kier alpha value is -1.44. The third-order valence-electron chi connectivity index (χ3n) is 3.50. The van der Waals surface area contributed by atoms with E-state index in [9.17, 15) is 19.5 Å². The lowest BCUT2D eigenvalue weighted by atomic mass is 9.96. The predicted molar refractivity (Wildman–Crippen MR) is 76.8 cm³/mol. The maximum Gasteiger partial charge on any atom is 0.407 e. The second-order valence-corrected chi connectivity index (χ2v) is 7.98. The second kappa shape index (κ2) is 5.40. The molecule has 2 saturated heterocycles. The van der Waals surface area contributed by atoms with E-state index in [4.69, 9.17) is 4.74 Å². The van der Waals surface area contributed by atoms with Gasteiger partial charge in [-0.2, -0.15) is 0 Å². The fourth-order valence-corrected chi connectivity index (χ4v) is 4.18. The van der Waals surface area contributed by atoms with Crippen LogP contribution in [0, 0.1) is 5.92 Å². The molecule has 0 aromatic carbocycles. The van der Waals surface area contributed by atoms with Crippen LogP contribution in [-0.2, 0) is 14.3 Å². The van der Waals surface area contributed by atoms with E-state index in [1.54, 1.807) is 13.8 Å². The van der Waals surface area contributed by atoms with Crippen molar-refractivity contribution in [1.82, 2.24) is 10.2 Å². The first-order chi connectivity index (χ1) is 9.65. The van der Waals surface area contributed by atoms with Gasteiger partial charge >= 0.3 is 12.1 Å². The normalized spacial score (nSPS) is 29.9. The molecule has 0 saturated carbocycles. The van der Waals surface area contributed by atoms with E-state index in [2.05, 4.69) is 5.32 Å². The fraction of sp³-hybridized carbons (Fsp3) is 0.769. The number of alkyl carbamates (subject to hydrolysis) is 1. The van der Waals surface area contributed by atoms with Crippen molar-refractivity contribution in [2.75, 3.05) is 6.61 Å². The van der Waals surface area contributed by atoms with Crippen LogP contribution >= 0.6 is 11.8 Å². The van der Waals surface area contributed by atoms with E-state index in [0.29, 0.717) is 0 Å². The molecule has 8 heteroatoms. The lowest BCUT2D eigenvalue weighted by Crippen LogP contribution is -2.70. The molecule has 2 heterocycles. The van der Waals surface area contributed by atoms with Crippen LogP contribution in [0.5, 0.6) is 0 Å². The summed E-state index contributed by atoms with van der Waals surface area (Å²) >= 11 is 1.39. The smallest absolute Gasteiger partial charge is 0.407 e. The minimum atomic E-state index is -1.02. The third-order valence-corrected chi connectivity index (χ3v) is 5.07. The van der Waals surface area contributed by atoms with Crippen molar-refractivity contribution in [3.8, 4) is 0 Å². The Morgan fingerprint density at radius 2 is 2.10 bits per heavy atom. The lowest BCUT2D eigenvalue weighted by molar-refractivity contribution is -0.160. The number of hydrogen-bond donors (Lipinski definition) is 2. The SMILES string of the molecule is CC(C)COC(=O)N[C@@H]1C(=O)N2[C@@H]1SC(C)(C)[C@H]2C(=O)O. The van der Waals surface area contributed by atoms with E-state index in [0.717, 1.165) is 0 Å². The molecule has 2 N–H and O–H groups in total. The number of nitrogens with zero attached hydrogens (tertiary/aromatic N) is 1. The summed E-state index contributed by atoms with van der Waals surface area (Å²) in [6.07, 6.45) is -0.640. The number of amides is 2. The quantitative estimate of drug-likeness (QED) is 0.748. The minimum absolute atomic E-state index is 0.209. The summed E-state index contributed by atoms with van der Waals surface area (Å²) in [5.41, 5.74) is 0. The van der Waals surface area contributed by atoms with Crippen LogP contribution in [0.1, 0.15) is 27.7 Å². The van der Waals surface area contributed by atoms with Crippen LogP contribution in [0.15, 0.2) is 0 Å². The Labute approximate surface area is 127 Å². The minimum Gasteiger partial charge on any atom is -0.480 e. The first kappa shape index (κ1) is 15.9. The first-order valence-electron chi connectivity index (χ1n) is 6.81. The van der Waals surface area contributed by atoms with Gasteiger partial charge in [-0.25, -0.2) is 9.59 Å². The number of carbonyl (C=O) groups excluding carboxylic acids is 2. The molecule has 0 aromatic rings. The van der Waals surface area contributed by atoms with Gasteiger partial charge in [0, 0.05) is 4.75 Å². The molecule has 2 rings (SSSR count). The maximum absolute atomic E-state index is 12.1. The van der Waals surface area contributed by atoms with E-state index in [1.807, 2.05) is 13.8 Å². The molecule has 3 atom stereocenters. The van der Waals surface area contributed by atoms with Gasteiger partial charge in [0.2, 0.25) is 5.91 Å². The van der Waals surface area contributed by atoms with Crippen LogP contribution in [0.2, 0.25) is 0 Å². The van der Waals surface area contributed by atoms with Crippen molar-refractivity contribution in [1.29, 1.82) is 0 Å². The van der Waals surface area contributed by atoms with Gasteiger partial charge in [-0.15, -0.1) is 11.8 Å². The van der Waals surface area contributed by atoms with E-state index < -0.39 is 28.9 Å². The largest absolute Gasteiger partial charge is 0.480 e. The monoisotopic (exact) mass is 316 g/mol. The highest BCUT2D eigenvalue weighted by Gasteiger charge is 2.64. The van der Waals surface area contributed by atoms with Gasteiger partial charge in [0.05, 0.1) is 6.61 Å². The highest BCUT2D eigenvalue weighted by molar-refractivity contribution is 8.01. The van der Waals surface area contributed by atoms with Crippen LogP contribution in [0.4, 0.5) is 4.79 Å². The zero-order valence-corrected chi connectivity index (χ0v) is 13.3. The van der Waals surface area contributed by atoms with Crippen molar-refractivity contribution < 1.29 is 24.2 Å². The standard InChI is InChI=1S/C13H20N2O5S/c1-6(2)5-20-12(19)14-7-9(16)15-8(11(17)18)13(3,4)21-10(7)15/h6-8,10H,5H2,1-4H3,(H,14,19)(H,17,18)/t7-,8-,10-/m1/s1. The van der Waals surface area contributed by atoms with Crippen LogP contribution in [-0.4, -0.2) is 56.8 Å². The molecule has 7 nitrogen and oxygen atoms in total. The van der Waals surface area contributed by atoms with Gasteiger partial charge in [-0.3, -0.25) is 4.79 Å². The molecule has 0 aliphatic carbocycles. The number of nitrogens with one attached hydrogen (secondary N) is 1. The van der Waals surface area contributed by atoms with E-state index >= 15 is 0 Å². The number of β-lactam (4-membered cyclic amide) rings is 1.